The van der Waals surface area contributed by atoms with E-state index in [4.69, 9.17) is 11.6 Å². The van der Waals surface area contributed by atoms with Crippen LogP contribution in [0, 0.1) is 0 Å². The van der Waals surface area contributed by atoms with Crippen LogP contribution in [0.3, 0.4) is 0 Å². The average molecular weight is 483 g/mol. The number of hydrogen-bond acceptors (Lipinski definition) is 6. The molecule has 34 heavy (non-hydrogen) atoms. The van der Waals surface area contributed by atoms with Gasteiger partial charge in [0.15, 0.2) is 0 Å². The van der Waals surface area contributed by atoms with Crippen molar-refractivity contribution >= 4 is 35.1 Å². The Hall–Kier alpha value is -2.71. The summed E-state index contributed by atoms with van der Waals surface area (Å²) in [5.74, 6) is 1.44. The van der Waals surface area contributed by atoms with E-state index in [1.54, 1.807) is 0 Å². The van der Waals surface area contributed by atoms with Gasteiger partial charge < -0.3 is 20.4 Å². The molecule has 0 aliphatic carbocycles. The van der Waals surface area contributed by atoms with E-state index < -0.39 is 0 Å². The number of aromatic nitrogens is 2. The standard InChI is InChI=1S/C25H31ClN6O2/c1-15(2)27-11-21(16-3-5-17(26)6-4-16)25(34)32-18-7-8-19(32)13-31(12-18)24-20-9-10-22(33)30-23(20)28-14-29-24/h3-6,14-15,18-19,21,27H,7-13H2,1-2H3,(H,28,29,30,33)/t18?,19?,21-/m1/s1. The molecule has 2 aromatic rings. The lowest BCUT2D eigenvalue weighted by molar-refractivity contribution is -0.136. The number of nitrogens with one attached hydrogen (secondary N) is 2. The molecule has 2 saturated heterocycles. The summed E-state index contributed by atoms with van der Waals surface area (Å²) >= 11 is 6.11. The van der Waals surface area contributed by atoms with Gasteiger partial charge in [-0.2, -0.15) is 0 Å². The number of anilines is 2. The number of piperazine rings is 1. The van der Waals surface area contributed by atoms with Crippen molar-refractivity contribution in [2.75, 3.05) is 29.9 Å². The normalized spacial score (nSPS) is 22.5. The fraction of sp³-hybridized carbons (Fsp3) is 0.520. The van der Waals surface area contributed by atoms with Crippen LogP contribution in [-0.4, -0.2) is 64.4 Å². The molecule has 3 atom stereocenters. The van der Waals surface area contributed by atoms with Crippen LogP contribution in [0.25, 0.3) is 0 Å². The van der Waals surface area contributed by atoms with Gasteiger partial charge in [-0.15, -0.1) is 0 Å². The summed E-state index contributed by atoms with van der Waals surface area (Å²) in [5.41, 5.74) is 1.99. The highest BCUT2D eigenvalue weighted by Gasteiger charge is 2.45. The minimum absolute atomic E-state index is 0.00381. The van der Waals surface area contributed by atoms with Gasteiger partial charge in [0.2, 0.25) is 11.8 Å². The fourth-order valence-electron chi connectivity index (χ4n) is 5.46. The van der Waals surface area contributed by atoms with E-state index in [-0.39, 0.29) is 29.8 Å². The lowest BCUT2D eigenvalue weighted by atomic mass is 9.95. The monoisotopic (exact) mass is 482 g/mol. The van der Waals surface area contributed by atoms with E-state index in [0.717, 1.165) is 42.9 Å². The Balaban J connectivity index is 1.37. The molecule has 9 heteroatoms. The molecule has 2 amide bonds. The van der Waals surface area contributed by atoms with Gasteiger partial charge in [-0.3, -0.25) is 9.59 Å². The predicted octanol–water partition coefficient (Wildman–Crippen LogP) is 2.98. The molecule has 5 rings (SSSR count). The molecule has 3 aliphatic heterocycles. The molecule has 2 fully saturated rings. The van der Waals surface area contributed by atoms with Gasteiger partial charge in [0.25, 0.3) is 0 Å². The minimum Gasteiger partial charge on any atom is -0.352 e. The summed E-state index contributed by atoms with van der Waals surface area (Å²) in [6.07, 6.45) is 4.59. The number of hydrogen-bond donors (Lipinski definition) is 2. The first-order chi connectivity index (χ1) is 16.4. The van der Waals surface area contributed by atoms with Crippen LogP contribution in [0.4, 0.5) is 11.6 Å². The quantitative estimate of drug-likeness (QED) is 0.657. The molecule has 0 spiro atoms. The maximum absolute atomic E-state index is 13.9. The van der Waals surface area contributed by atoms with E-state index in [9.17, 15) is 9.59 Å². The topological polar surface area (TPSA) is 90.5 Å². The molecule has 2 unspecified atom stereocenters. The van der Waals surface area contributed by atoms with Gasteiger partial charge in [0.05, 0.1) is 5.92 Å². The van der Waals surface area contributed by atoms with Gasteiger partial charge in [0, 0.05) is 54.8 Å². The maximum Gasteiger partial charge on any atom is 0.232 e. The maximum atomic E-state index is 13.9. The van der Waals surface area contributed by atoms with Crippen LogP contribution in [0.15, 0.2) is 30.6 Å². The summed E-state index contributed by atoms with van der Waals surface area (Å²) in [7, 11) is 0. The van der Waals surface area contributed by atoms with Gasteiger partial charge in [-0.05, 0) is 37.0 Å². The second kappa shape index (κ2) is 9.50. The second-order valence-electron chi connectivity index (χ2n) is 9.78. The van der Waals surface area contributed by atoms with Crippen LogP contribution in [0.1, 0.15) is 50.2 Å². The van der Waals surface area contributed by atoms with Crippen molar-refractivity contribution in [1.29, 1.82) is 0 Å². The Morgan fingerprint density at radius 2 is 1.85 bits per heavy atom. The highest BCUT2D eigenvalue weighted by Crippen LogP contribution is 2.37. The Bertz CT molecular complexity index is 1060. The molecular weight excluding hydrogens is 452 g/mol. The van der Waals surface area contributed by atoms with Crippen molar-refractivity contribution < 1.29 is 9.59 Å². The third-order valence-electron chi connectivity index (χ3n) is 7.12. The lowest BCUT2D eigenvalue weighted by Crippen LogP contribution is -2.58. The SMILES string of the molecule is CC(C)NC[C@@H](C(=O)N1C2CCC1CN(c1ncnc3c1CCC(=O)N3)C2)c1ccc(Cl)cc1. The predicted molar refractivity (Wildman–Crippen MR) is 132 cm³/mol. The molecule has 2 N–H and O–H groups in total. The van der Waals surface area contributed by atoms with E-state index in [1.807, 2.05) is 24.3 Å². The Labute approximate surface area is 205 Å². The van der Waals surface area contributed by atoms with E-state index in [2.05, 4.69) is 44.2 Å². The number of carbonyl (C=O) groups is 2. The molecule has 1 aromatic carbocycles. The zero-order valence-electron chi connectivity index (χ0n) is 19.6. The van der Waals surface area contributed by atoms with Crippen molar-refractivity contribution in [2.24, 2.45) is 0 Å². The summed E-state index contributed by atoms with van der Waals surface area (Å²) in [5, 5.41) is 7.00. The molecule has 0 radical (unpaired) electrons. The van der Waals surface area contributed by atoms with Gasteiger partial charge in [-0.25, -0.2) is 9.97 Å². The summed E-state index contributed by atoms with van der Waals surface area (Å²) in [6.45, 7) is 6.26. The molecule has 2 bridgehead atoms. The number of fused-ring (bicyclic) bond motifs is 3. The van der Waals surface area contributed by atoms with Crippen molar-refractivity contribution in [3.05, 3.63) is 46.7 Å². The van der Waals surface area contributed by atoms with E-state index in [1.165, 1.54) is 6.33 Å². The number of halogens is 1. The van der Waals surface area contributed by atoms with Crippen molar-refractivity contribution in [3.63, 3.8) is 0 Å². The first-order valence-electron chi connectivity index (χ1n) is 12.1. The minimum atomic E-state index is -0.253. The van der Waals surface area contributed by atoms with Gasteiger partial charge in [-0.1, -0.05) is 37.6 Å². The molecule has 4 heterocycles. The van der Waals surface area contributed by atoms with Gasteiger partial charge in [0.1, 0.15) is 18.0 Å². The average Bonchev–Trinajstić information content (AvgIpc) is 3.08. The summed E-state index contributed by atoms with van der Waals surface area (Å²) < 4.78 is 0. The number of rotatable bonds is 6. The smallest absolute Gasteiger partial charge is 0.232 e. The van der Waals surface area contributed by atoms with Crippen molar-refractivity contribution in [1.82, 2.24) is 20.2 Å². The molecule has 180 valence electrons. The molecule has 0 saturated carbocycles. The highest BCUT2D eigenvalue weighted by atomic mass is 35.5. The van der Waals surface area contributed by atoms with Crippen LogP contribution >= 0.6 is 11.6 Å². The van der Waals surface area contributed by atoms with Crippen LogP contribution in [-0.2, 0) is 16.0 Å². The van der Waals surface area contributed by atoms with Crippen LogP contribution < -0.4 is 15.5 Å². The van der Waals surface area contributed by atoms with Gasteiger partial charge >= 0.3 is 0 Å². The second-order valence-corrected chi connectivity index (χ2v) is 10.2. The van der Waals surface area contributed by atoms with Crippen molar-refractivity contribution in [2.45, 2.75) is 63.6 Å². The van der Waals surface area contributed by atoms with E-state index >= 15 is 0 Å². The van der Waals surface area contributed by atoms with Crippen molar-refractivity contribution in [3.8, 4) is 0 Å². The molecular formula is C25H31ClN6O2. The Kier molecular flexibility index (Phi) is 6.44. The first-order valence-corrected chi connectivity index (χ1v) is 12.5. The number of amides is 2. The third kappa shape index (κ3) is 4.49. The highest BCUT2D eigenvalue weighted by molar-refractivity contribution is 6.30. The zero-order chi connectivity index (χ0) is 23.8. The molecule has 1 aromatic heterocycles. The molecule has 8 nitrogen and oxygen atoms in total. The molecule has 3 aliphatic rings. The Morgan fingerprint density at radius 3 is 2.53 bits per heavy atom. The number of benzene rings is 1. The summed E-state index contributed by atoms with van der Waals surface area (Å²) in [4.78, 5) is 39.0. The first kappa shape index (κ1) is 23.1. The third-order valence-corrected chi connectivity index (χ3v) is 7.37. The summed E-state index contributed by atoms with van der Waals surface area (Å²) in [6, 6.07) is 8.22. The number of carbonyl (C=O) groups excluding carboxylic acids is 2. The largest absolute Gasteiger partial charge is 0.352 e. The fourth-order valence-corrected chi connectivity index (χ4v) is 5.58. The van der Waals surface area contributed by atoms with Crippen LogP contribution in [0.5, 0.6) is 0 Å². The van der Waals surface area contributed by atoms with E-state index in [0.29, 0.717) is 36.3 Å². The van der Waals surface area contributed by atoms with Crippen LogP contribution in [0.2, 0.25) is 5.02 Å². The Morgan fingerprint density at radius 1 is 1.15 bits per heavy atom. The number of nitrogens with zero attached hydrogens (tertiary/aromatic N) is 4. The zero-order valence-corrected chi connectivity index (χ0v) is 20.4. The lowest BCUT2D eigenvalue weighted by Gasteiger charge is -2.43.